The average Bonchev–Trinajstić information content (AvgIpc) is 2.38. The van der Waals surface area contributed by atoms with Crippen LogP contribution in [0.2, 0.25) is 0 Å². The lowest BCUT2D eigenvalue weighted by atomic mass is 10.2. The molecule has 0 fully saturated rings. The van der Waals surface area contributed by atoms with E-state index in [0.717, 1.165) is 6.08 Å². The fraction of sp³-hybridized carbons (Fsp3) is 0.700. The van der Waals surface area contributed by atoms with Gasteiger partial charge in [0.2, 0.25) is 0 Å². The molecule has 0 saturated heterocycles. The van der Waals surface area contributed by atoms with Crippen molar-refractivity contribution in [3.8, 4) is 0 Å². The first-order valence-corrected chi connectivity index (χ1v) is 5.05. The number of carbonyl (C=O) groups is 1. The van der Waals surface area contributed by atoms with Gasteiger partial charge in [0.1, 0.15) is 0 Å². The Kier molecular flexibility index (Phi) is 22.6. The van der Waals surface area contributed by atoms with Crippen LogP contribution in [0.1, 0.15) is 6.92 Å². The number of aliphatic carboxylic acids is 1. The van der Waals surface area contributed by atoms with Crippen LogP contribution in [0.3, 0.4) is 0 Å². The molecular formula is C10H22O8. The van der Waals surface area contributed by atoms with Gasteiger partial charge in [-0.15, -0.1) is 0 Å². The van der Waals surface area contributed by atoms with E-state index >= 15 is 0 Å². The molecule has 18 heavy (non-hydrogen) atoms. The zero-order valence-corrected chi connectivity index (χ0v) is 10.2. The Morgan fingerprint density at radius 3 is 1.50 bits per heavy atom. The second-order valence-corrected chi connectivity index (χ2v) is 2.80. The van der Waals surface area contributed by atoms with Gasteiger partial charge in [0.05, 0.1) is 39.1 Å². The molecule has 0 aromatic rings. The third-order valence-electron chi connectivity index (χ3n) is 1.17. The van der Waals surface area contributed by atoms with Gasteiger partial charge in [-0.3, -0.25) is 0 Å². The Balaban J connectivity index is -0.000000233. The quantitative estimate of drug-likeness (QED) is 0.266. The van der Waals surface area contributed by atoms with E-state index in [9.17, 15) is 4.79 Å². The van der Waals surface area contributed by atoms with Crippen LogP contribution in [0.15, 0.2) is 11.6 Å². The van der Waals surface area contributed by atoms with Gasteiger partial charge in [0.25, 0.3) is 0 Å². The van der Waals surface area contributed by atoms with E-state index in [1.807, 2.05) is 0 Å². The minimum Gasteiger partial charge on any atom is -0.478 e. The molecule has 7 N–H and O–H groups in total. The zero-order valence-electron chi connectivity index (χ0n) is 10.2. The van der Waals surface area contributed by atoms with E-state index in [1.165, 1.54) is 6.92 Å². The molecule has 0 heterocycles. The monoisotopic (exact) mass is 270 g/mol. The molecule has 1 unspecified atom stereocenters. The number of carboxylic acid groups (broad SMARTS) is 1. The lowest BCUT2D eigenvalue weighted by Crippen LogP contribution is -2.10. The van der Waals surface area contributed by atoms with Crippen molar-refractivity contribution in [3.05, 3.63) is 11.6 Å². The predicted octanol–water partition coefficient (Wildman–Crippen LogP) is -2.69. The number of aliphatic hydroxyl groups is 6. The molecule has 0 bridgehead atoms. The van der Waals surface area contributed by atoms with Gasteiger partial charge < -0.3 is 35.7 Å². The number of hydrogen-bond acceptors (Lipinski definition) is 7. The average molecular weight is 270 g/mol. The second-order valence-electron chi connectivity index (χ2n) is 2.80. The van der Waals surface area contributed by atoms with Crippen molar-refractivity contribution in [2.24, 2.45) is 0 Å². The SMILES string of the molecule is CC(=CC(O)CO)C(=O)O.OCCO.OCCO. The van der Waals surface area contributed by atoms with Crippen LogP contribution in [0.5, 0.6) is 0 Å². The van der Waals surface area contributed by atoms with Gasteiger partial charge in [-0.05, 0) is 13.0 Å². The summed E-state index contributed by atoms with van der Waals surface area (Å²) in [6, 6.07) is 0. The first kappa shape index (κ1) is 22.2. The second kappa shape index (κ2) is 18.3. The number of hydrogen-bond donors (Lipinski definition) is 7. The first-order chi connectivity index (χ1) is 8.40. The summed E-state index contributed by atoms with van der Waals surface area (Å²) >= 11 is 0. The predicted molar refractivity (Wildman–Crippen MR) is 62.8 cm³/mol. The van der Waals surface area contributed by atoms with E-state index in [1.54, 1.807) is 0 Å². The number of rotatable bonds is 5. The van der Waals surface area contributed by atoms with Crippen molar-refractivity contribution in [2.45, 2.75) is 13.0 Å². The number of carboxylic acids is 1. The maximum atomic E-state index is 10.1. The zero-order chi connectivity index (χ0) is 15.0. The third-order valence-corrected chi connectivity index (χ3v) is 1.17. The highest BCUT2D eigenvalue weighted by Gasteiger charge is 2.02. The minimum absolute atomic E-state index is 0.0292. The Hall–Kier alpha value is -1.03. The molecule has 110 valence electrons. The van der Waals surface area contributed by atoms with E-state index < -0.39 is 18.7 Å². The van der Waals surface area contributed by atoms with Crippen LogP contribution < -0.4 is 0 Å². The molecule has 0 saturated carbocycles. The summed E-state index contributed by atoms with van der Waals surface area (Å²) in [5.74, 6) is -1.09. The first-order valence-electron chi connectivity index (χ1n) is 5.05. The van der Waals surface area contributed by atoms with Gasteiger partial charge in [-0.2, -0.15) is 0 Å². The van der Waals surface area contributed by atoms with E-state index in [2.05, 4.69) is 0 Å². The molecule has 1 atom stereocenters. The van der Waals surface area contributed by atoms with Crippen LogP contribution in [0.25, 0.3) is 0 Å². The third kappa shape index (κ3) is 24.3. The molecule has 8 heteroatoms. The van der Waals surface area contributed by atoms with Crippen LogP contribution in [0, 0.1) is 0 Å². The highest BCUT2D eigenvalue weighted by Crippen LogP contribution is 1.94. The van der Waals surface area contributed by atoms with Gasteiger partial charge in [0, 0.05) is 5.57 Å². The molecule has 0 aliphatic rings. The van der Waals surface area contributed by atoms with Gasteiger partial charge in [-0.25, -0.2) is 4.79 Å². The molecule has 8 nitrogen and oxygen atoms in total. The van der Waals surface area contributed by atoms with Crippen LogP contribution in [0.4, 0.5) is 0 Å². The molecule has 0 aromatic carbocycles. The molecule has 0 radical (unpaired) electrons. The van der Waals surface area contributed by atoms with E-state index in [0.29, 0.717) is 0 Å². The van der Waals surface area contributed by atoms with E-state index in [4.69, 9.17) is 35.7 Å². The van der Waals surface area contributed by atoms with Gasteiger partial charge in [0.15, 0.2) is 0 Å². The smallest absolute Gasteiger partial charge is 0.331 e. The van der Waals surface area contributed by atoms with Crippen molar-refractivity contribution in [1.82, 2.24) is 0 Å². The highest BCUT2D eigenvalue weighted by atomic mass is 16.4. The summed E-state index contributed by atoms with van der Waals surface area (Å²) in [5.41, 5.74) is 0.0292. The van der Waals surface area contributed by atoms with Crippen molar-refractivity contribution < 1.29 is 40.5 Å². The maximum absolute atomic E-state index is 10.1. The largest absolute Gasteiger partial charge is 0.478 e. The molecule has 0 aromatic heterocycles. The van der Waals surface area contributed by atoms with Gasteiger partial charge in [-0.1, -0.05) is 0 Å². The summed E-state index contributed by atoms with van der Waals surface area (Å²) in [6.07, 6.45) is 0.0126. The lowest BCUT2D eigenvalue weighted by molar-refractivity contribution is -0.132. The van der Waals surface area contributed by atoms with Crippen LogP contribution >= 0.6 is 0 Å². The summed E-state index contributed by atoms with van der Waals surface area (Å²) < 4.78 is 0. The van der Waals surface area contributed by atoms with Crippen molar-refractivity contribution in [3.63, 3.8) is 0 Å². The summed E-state index contributed by atoms with van der Waals surface area (Å²) in [7, 11) is 0. The molecule has 0 rings (SSSR count). The Morgan fingerprint density at radius 2 is 1.33 bits per heavy atom. The standard InChI is InChI=1S/C6H10O4.2C2H6O2/c1-4(6(9)10)2-5(8)3-7;2*3-1-2-4/h2,5,7-8H,3H2,1H3,(H,9,10);2*3-4H,1-2H2. The maximum Gasteiger partial charge on any atom is 0.331 e. The normalized spacial score (nSPS) is 11.6. The number of aliphatic hydroxyl groups excluding tert-OH is 6. The van der Waals surface area contributed by atoms with Crippen LogP contribution in [-0.4, -0.2) is 80.9 Å². The molecule has 0 aliphatic heterocycles. The van der Waals surface area contributed by atoms with Crippen molar-refractivity contribution in [2.75, 3.05) is 33.0 Å². The summed E-state index contributed by atoms with van der Waals surface area (Å²) in [5, 5.41) is 55.7. The Bertz CT molecular complexity index is 196. The topological polar surface area (TPSA) is 159 Å². The fourth-order valence-corrected chi connectivity index (χ4v) is 0.413. The fourth-order valence-electron chi connectivity index (χ4n) is 0.413. The van der Waals surface area contributed by atoms with E-state index in [-0.39, 0.29) is 32.0 Å². The molecule has 0 aliphatic carbocycles. The molecular weight excluding hydrogens is 248 g/mol. The van der Waals surface area contributed by atoms with Crippen molar-refractivity contribution in [1.29, 1.82) is 0 Å². The summed E-state index contributed by atoms with van der Waals surface area (Å²) in [4.78, 5) is 10.1. The van der Waals surface area contributed by atoms with Crippen LogP contribution in [-0.2, 0) is 4.79 Å². The van der Waals surface area contributed by atoms with Crippen molar-refractivity contribution >= 4 is 5.97 Å². The highest BCUT2D eigenvalue weighted by molar-refractivity contribution is 5.85. The lowest BCUT2D eigenvalue weighted by Gasteiger charge is -1.99. The molecule has 0 amide bonds. The van der Waals surface area contributed by atoms with Gasteiger partial charge >= 0.3 is 5.97 Å². The minimum atomic E-state index is -1.09. The Labute approximate surface area is 105 Å². The summed E-state index contributed by atoms with van der Waals surface area (Å²) in [6.45, 7) is 0.395. The Morgan fingerprint density at radius 1 is 1.00 bits per heavy atom. The molecule has 0 spiro atoms.